The molecule has 0 spiro atoms. The summed E-state index contributed by atoms with van der Waals surface area (Å²) in [5.74, 6) is -0.948. The first-order valence-corrected chi connectivity index (χ1v) is 10.7. The third-order valence-corrected chi connectivity index (χ3v) is 4.84. The second-order valence-electron chi connectivity index (χ2n) is 7.17. The molecule has 3 rings (SSSR count). The standard InChI is InChI=1S/C24H23ClN4O6/c1-15-5-7-17(25)11-19(15)28-22(30)14-35-20-8-6-16(10-21(20)33-2)12-27-29-24(32)23(31)26-13-18-4-3-9-34-18/h3-12H,13-14H2,1-2H3,(H,26,31)(H,28,30)(H,29,32)/b27-12-. The summed E-state index contributed by atoms with van der Waals surface area (Å²) in [5.41, 5.74) is 4.16. The van der Waals surface area contributed by atoms with Crippen LogP contribution in [0.3, 0.4) is 0 Å². The molecule has 0 bridgehead atoms. The second-order valence-corrected chi connectivity index (χ2v) is 7.60. The van der Waals surface area contributed by atoms with Crippen molar-refractivity contribution in [2.24, 2.45) is 5.10 Å². The molecule has 182 valence electrons. The van der Waals surface area contributed by atoms with Gasteiger partial charge in [-0.1, -0.05) is 17.7 Å². The number of hydrogen-bond acceptors (Lipinski definition) is 7. The fourth-order valence-corrected chi connectivity index (χ4v) is 2.99. The number of amides is 3. The van der Waals surface area contributed by atoms with Crippen LogP contribution in [0.25, 0.3) is 0 Å². The summed E-state index contributed by atoms with van der Waals surface area (Å²) in [5, 5.41) is 9.43. The minimum absolute atomic E-state index is 0.0817. The minimum Gasteiger partial charge on any atom is -0.493 e. The van der Waals surface area contributed by atoms with Crippen molar-refractivity contribution in [3.8, 4) is 11.5 Å². The van der Waals surface area contributed by atoms with Gasteiger partial charge in [-0.05, 0) is 60.5 Å². The lowest BCUT2D eigenvalue weighted by molar-refractivity contribution is -0.139. The largest absolute Gasteiger partial charge is 0.493 e. The Labute approximate surface area is 206 Å². The molecule has 0 aliphatic rings. The van der Waals surface area contributed by atoms with Gasteiger partial charge in [0.2, 0.25) is 0 Å². The molecule has 3 N–H and O–H groups in total. The molecule has 10 nitrogen and oxygen atoms in total. The maximum atomic E-state index is 12.3. The Morgan fingerprint density at radius 1 is 1.09 bits per heavy atom. The summed E-state index contributed by atoms with van der Waals surface area (Å²) < 4.78 is 16.0. The van der Waals surface area contributed by atoms with Gasteiger partial charge >= 0.3 is 11.8 Å². The van der Waals surface area contributed by atoms with Crippen LogP contribution in [0.1, 0.15) is 16.9 Å². The molecule has 0 aliphatic heterocycles. The van der Waals surface area contributed by atoms with E-state index < -0.39 is 11.8 Å². The maximum Gasteiger partial charge on any atom is 0.329 e. The molecule has 3 aromatic rings. The van der Waals surface area contributed by atoms with Gasteiger partial charge in [0.25, 0.3) is 5.91 Å². The maximum absolute atomic E-state index is 12.3. The van der Waals surface area contributed by atoms with Gasteiger partial charge in [0, 0.05) is 10.7 Å². The van der Waals surface area contributed by atoms with E-state index in [1.54, 1.807) is 48.5 Å². The van der Waals surface area contributed by atoms with Gasteiger partial charge in [-0.15, -0.1) is 0 Å². The van der Waals surface area contributed by atoms with E-state index >= 15 is 0 Å². The Morgan fingerprint density at radius 3 is 2.66 bits per heavy atom. The van der Waals surface area contributed by atoms with Crippen molar-refractivity contribution in [2.45, 2.75) is 13.5 Å². The lowest BCUT2D eigenvalue weighted by Crippen LogP contribution is -2.37. The highest BCUT2D eigenvalue weighted by molar-refractivity contribution is 6.35. The molecule has 1 heterocycles. The average molecular weight is 499 g/mol. The van der Waals surface area contributed by atoms with Crippen LogP contribution in [0.2, 0.25) is 5.02 Å². The number of methoxy groups -OCH3 is 1. The molecular weight excluding hydrogens is 476 g/mol. The summed E-state index contributed by atoms with van der Waals surface area (Å²) in [6, 6.07) is 13.4. The first-order valence-electron chi connectivity index (χ1n) is 10.4. The molecule has 3 amide bonds. The minimum atomic E-state index is -0.930. The first kappa shape index (κ1) is 25.3. The van der Waals surface area contributed by atoms with E-state index in [1.807, 2.05) is 6.92 Å². The molecule has 0 aliphatic carbocycles. The van der Waals surface area contributed by atoms with Crippen LogP contribution < -0.4 is 25.5 Å². The fraction of sp³-hybridized carbons (Fsp3) is 0.167. The number of nitrogens with one attached hydrogen (secondary N) is 3. The Bertz CT molecular complexity index is 1230. The number of ether oxygens (including phenoxy) is 2. The van der Waals surface area contributed by atoms with Gasteiger partial charge in [0.1, 0.15) is 5.76 Å². The summed E-state index contributed by atoms with van der Waals surface area (Å²) in [4.78, 5) is 35.9. The van der Waals surface area contributed by atoms with Gasteiger partial charge in [-0.2, -0.15) is 5.10 Å². The van der Waals surface area contributed by atoms with Crippen molar-refractivity contribution >= 4 is 41.2 Å². The van der Waals surface area contributed by atoms with E-state index in [2.05, 4.69) is 21.2 Å². The summed E-state index contributed by atoms with van der Waals surface area (Å²) in [7, 11) is 1.45. The zero-order chi connectivity index (χ0) is 25.2. The van der Waals surface area contributed by atoms with E-state index in [0.717, 1.165) is 5.56 Å². The Hall–Kier alpha value is -4.31. The SMILES string of the molecule is COc1cc(/C=N\NC(=O)C(=O)NCc2ccco2)ccc1OCC(=O)Nc1cc(Cl)ccc1C. The zero-order valence-electron chi connectivity index (χ0n) is 19.0. The number of carbonyl (C=O) groups excluding carboxylic acids is 3. The van der Waals surface area contributed by atoms with Crippen LogP contribution in [-0.2, 0) is 20.9 Å². The highest BCUT2D eigenvalue weighted by Gasteiger charge is 2.13. The van der Waals surface area contributed by atoms with E-state index in [0.29, 0.717) is 33.5 Å². The highest BCUT2D eigenvalue weighted by Crippen LogP contribution is 2.27. The van der Waals surface area contributed by atoms with Crippen molar-refractivity contribution in [3.63, 3.8) is 0 Å². The smallest absolute Gasteiger partial charge is 0.329 e. The lowest BCUT2D eigenvalue weighted by Gasteiger charge is -2.12. The van der Waals surface area contributed by atoms with Crippen molar-refractivity contribution in [1.29, 1.82) is 0 Å². The fourth-order valence-electron chi connectivity index (χ4n) is 2.82. The summed E-state index contributed by atoms with van der Waals surface area (Å²) in [6.07, 6.45) is 2.80. The van der Waals surface area contributed by atoms with Gasteiger partial charge < -0.3 is 24.5 Å². The molecule has 0 unspecified atom stereocenters. The number of carbonyl (C=O) groups is 3. The quantitative estimate of drug-likeness (QED) is 0.236. The predicted molar refractivity (Wildman–Crippen MR) is 130 cm³/mol. The molecule has 0 atom stereocenters. The van der Waals surface area contributed by atoms with Crippen molar-refractivity contribution in [1.82, 2.24) is 10.7 Å². The Morgan fingerprint density at radius 2 is 1.91 bits per heavy atom. The highest BCUT2D eigenvalue weighted by atomic mass is 35.5. The number of hydrogen-bond donors (Lipinski definition) is 3. The number of benzene rings is 2. The average Bonchev–Trinajstić information content (AvgIpc) is 3.37. The van der Waals surface area contributed by atoms with E-state index in [-0.39, 0.29) is 19.1 Å². The number of halogens is 1. The van der Waals surface area contributed by atoms with E-state index in [1.165, 1.54) is 19.6 Å². The third-order valence-electron chi connectivity index (χ3n) is 4.61. The first-order chi connectivity index (χ1) is 16.9. The van der Waals surface area contributed by atoms with Crippen LogP contribution in [0.15, 0.2) is 64.3 Å². The molecule has 2 aromatic carbocycles. The van der Waals surface area contributed by atoms with Crippen molar-refractivity contribution in [2.75, 3.05) is 19.0 Å². The number of aryl methyl sites for hydroxylation is 1. The number of hydrazone groups is 1. The Kier molecular flexibility index (Phi) is 8.85. The van der Waals surface area contributed by atoms with Crippen LogP contribution in [0, 0.1) is 6.92 Å². The second kappa shape index (κ2) is 12.2. The summed E-state index contributed by atoms with van der Waals surface area (Å²) >= 11 is 5.97. The van der Waals surface area contributed by atoms with Crippen LogP contribution in [0.4, 0.5) is 5.69 Å². The van der Waals surface area contributed by atoms with Gasteiger partial charge in [-0.25, -0.2) is 5.43 Å². The van der Waals surface area contributed by atoms with Crippen molar-refractivity contribution < 1.29 is 28.3 Å². The molecule has 0 saturated carbocycles. The predicted octanol–water partition coefficient (Wildman–Crippen LogP) is 3.03. The monoisotopic (exact) mass is 498 g/mol. The molecule has 0 fully saturated rings. The van der Waals surface area contributed by atoms with E-state index in [9.17, 15) is 14.4 Å². The number of nitrogens with zero attached hydrogens (tertiary/aromatic N) is 1. The number of furan rings is 1. The number of anilines is 1. The van der Waals surface area contributed by atoms with Gasteiger partial charge in [0.05, 0.1) is 26.1 Å². The summed E-state index contributed by atoms with van der Waals surface area (Å²) in [6.45, 7) is 1.68. The zero-order valence-corrected chi connectivity index (χ0v) is 19.7. The third kappa shape index (κ3) is 7.61. The molecule has 35 heavy (non-hydrogen) atoms. The Balaban J connectivity index is 1.51. The molecular formula is C24H23ClN4O6. The topological polar surface area (TPSA) is 131 Å². The molecule has 11 heteroatoms. The lowest BCUT2D eigenvalue weighted by atomic mass is 10.2. The molecule has 0 radical (unpaired) electrons. The van der Waals surface area contributed by atoms with Crippen molar-refractivity contribution in [3.05, 3.63) is 76.7 Å². The van der Waals surface area contributed by atoms with Crippen LogP contribution in [-0.4, -0.2) is 37.7 Å². The molecule has 0 saturated heterocycles. The van der Waals surface area contributed by atoms with Crippen LogP contribution >= 0.6 is 11.6 Å². The van der Waals surface area contributed by atoms with Gasteiger partial charge in [0.15, 0.2) is 18.1 Å². The van der Waals surface area contributed by atoms with Gasteiger partial charge in [-0.3, -0.25) is 14.4 Å². The molecule has 1 aromatic heterocycles. The van der Waals surface area contributed by atoms with Crippen LogP contribution in [0.5, 0.6) is 11.5 Å². The van der Waals surface area contributed by atoms with E-state index in [4.69, 9.17) is 25.5 Å². The normalized spacial score (nSPS) is 10.6. The number of rotatable bonds is 9.